The molecule has 4 heteroatoms. The first-order valence-corrected chi connectivity index (χ1v) is 5.46. The van der Waals surface area contributed by atoms with Gasteiger partial charge in [0, 0.05) is 24.5 Å². The van der Waals surface area contributed by atoms with Gasteiger partial charge in [0.2, 0.25) is 5.91 Å². The Bertz CT molecular complexity index is 514. The fourth-order valence-corrected chi connectivity index (χ4v) is 1.53. The molecule has 0 aliphatic carbocycles. The molecule has 0 aliphatic rings. The molecule has 1 amide bonds. The summed E-state index contributed by atoms with van der Waals surface area (Å²) in [6.07, 6.45) is 0.810. The normalized spacial score (nSPS) is 10.4. The highest BCUT2D eigenvalue weighted by molar-refractivity contribution is 5.74. The zero-order chi connectivity index (χ0) is 12.3. The molecule has 0 bridgehead atoms. The summed E-state index contributed by atoms with van der Waals surface area (Å²) >= 11 is 0. The van der Waals surface area contributed by atoms with Crippen molar-refractivity contribution in [3.63, 3.8) is 0 Å². The maximum atomic E-state index is 10.7. The van der Waals surface area contributed by atoms with E-state index in [1.807, 2.05) is 37.3 Å². The molecule has 2 rings (SSSR count). The number of carbonyl (C=O) groups excluding carboxylic acids is 1. The second-order valence-electron chi connectivity index (χ2n) is 4.01. The Kier molecular flexibility index (Phi) is 3.23. The van der Waals surface area contributed by atoms with Gasteiger partial charge in [-0.3, -0.25) is 4.79 Å². The quantitative estimate of drug-likeness (QED) is 0.874. The van der Waals surface area contributed by atoms with E-state index in [1.54, 1.807) is 0 Å². The van der Waals surface area contributed by atoms with E-state index >= 15 is 0 Å². The predicted octanol–water partition coefficient (Wildman–Crippen LogP) is 2.07. The molecule has 0 radical (unpaired) electrons. The number of nitrogens with zero attached hydrogens (tertiary/aromatic N) is 1. The number of hydrogen-bond acceptors (Lipinski definition) is 3. The van der Waals surface area contributed by atoms with Crippen LogP contribution in [0.1, 0.15) is 17.7 Å². The lowest BCUT2D eigenvalue weighted by molar-refractivity contribution is -0.118. The molecule has 88 valence electrons. The standard InChI is InChI=1S/C13H14N2O2/c1-9-2-4-10(5-3-9)12-8-11(15-17-12)6-7-13(14)16/h2-5,8H,6-7H2,1H3,(H2,14,16). The minimum atomic E-state index is -0.329. The summed E-state index contributed by atoms with van der Waals surface area (Å²) in [7, 11) is 0. The molecule has 1 aromatic heterocycles. The molecule has 1 aromatic carbocycles. The SMILES string of the molecule is Cc1ccc(-c2cc(CCC(N)=O)no2)cc1. The second kappa shape index (κ2) is 4.82. The lowest BCUT2D eigenvalue weighted by atomic mass is 10.1. The summed E-state index contributed by atoms with van der Waals surface area (Å²) in [5.41, 5.74) is 8.00. The second-order valence-corrected chi connectivity index (χ2v) is 4.01. The number of carbonyl (C=O) groups is 1. The molecule has 17 heavy (non-hydrogen) atoms. The molecule has 0 atom stereocenters. The van der Waals surface area contributed by atoms with Crippen LogP contribution in [0.4, 0.5) is 0 Å². The van der Waals surface area contributed by atoms with Crippen LogP contribution in [0.3, 0.4) is 0 Å². The highest BCUT2D eigenvalue weighted by Gasteiger charge is 2.07. The van der Waals surface area contributed by atoms with Gasteiger partial charge in [0.05, 0.1) is 5.69 Å². The Morgan fingerprint density at radius 1 is 1.35 bits per heavy atom. The summed E-state index contributed by atoms with van der Waals surface area (Å²) in [6, 6.07) is 9.83. The van der Waals surface area contributed by atoms with Gasteiger partial charge in [0.25, 0.3) is 0 Å². The minimum absolute atomic E-state index is 0.292. The number of primary amides is 1. The Hall–Kier alpha value is -2.10. The summed E-state index contributed by atoms with van der Waals surface area (Å²) < 4.78 is 5.22. The number of rotatable bonds is 4. The van der Waals surface area contributed by atoms with Gasteiger partial charge in [-0.25, -0.2) is 0 Å². The van der Waals surface area contributed by atoms with Crippen molar-refractivity contribution in [1.82, 2.24) is 5.16 Å². The van der Waals surface area contributed by atoms with Crippen LogP contribution in [0.5, 0.6) is 0 Å². The third kappa shape index (κ3) is 2.93. The largest absolute Gasteiger partial charge is 0.370 e. The average Bonchev–Trinajstić information content (AvgIpc) is 2.76. The molecule has 0 spiro atoms. The third-order valence-corrected chi connectivity index (χ3v) is 2.52. The fourth-order valence-electron chi connectivity index (χ4n) is 1.53. The van der Waals surface area contributed by atoms with Crippen molar-refractivity contribution in [3.05, 3.63) is 41.6 Å². The van der Waals surface area contributed by atoms with Crippen LogP contribution in [0.25, 0.3) is 11.3 Å². The molecule has 2 N–H and O–H groups in total. The monoisotopic (exact) mass is 230 g/mol. The molecule has 0 unspecified atom stereocenters. The summed E-state index contributed by atoms with van der Waals surface area (Å²) in [5.74, 6) is 0.384. The van der Waals surface area contributed by atoms with Gasteiger partial charge in [-0.15, -0.1) is 0 Å². The van der Waals surface area contributed by atoms with E-state index in [4.69, 9.17) is 10.3 Å². The maximum absolute atomic E-state index is 10.7. The van der Waals surface area contributed by atoms with E-state index in [9.17, 15) is 4.79 Å². The molecule has 1 heterocycles. The fraction of sp³-hybridized carbons (Fsp3) is 0.231. The van der Waals surface area contributed by atoms with E-state index < -0.39 is 0 Å². The Morgan fingerprint density at radius 3 is 2.71 bits per heavy atom. The van der Waals surface area contributed by atoms with Crippen molar-refractivity contribution in [2.75, 3.05) is 0 Å². The van der Waals surface area contributed by atoms with E-state index in [-0.39, 0.29) is 5.91 Å². The van der Waals surface area contributed by atoms with Crippen molar-refractivity contribution in [2.45, 2.75) is 19.8 Å². The van der Waals surface area contributed by atoms with Gasteiger partial charge >= 0.3 is 0 Å². The Balaban J connectivity index is 2.12. The van der Waals surface area contributed by atoms with Crippen molar-refractivity contribution in [1.29, 1.82) is 0 Å². The van der Waals surface area contributed by atoms with Crippen molar-refractivity contribution in [3.8, 4) is 11.3 Å². The molecular weight excluding hydrogens is 216 g/mol. The van der Waals surface area contributed by atoms with Gasteiger partial charge in [0.1, 0.15) is 0 Å². The summed E-state index contributed by atoms with van der Waals surface area (Å²) in [6.45, 7) is 2.03. The number of aromatic nitrogens is 1. The lowest BCUT2D eigenvalue weighted by Crippen LogP contribution is -2.11. The number of nitrogens with two attached hydrogens (primary N) is 1. The first kappa shape index (κ1) is 11.4. The van der Waals surface area contributed by atoms with E-state index in [0.29, 0.717) is 18.6 Å². The van der Waals surface area contributed by atoms with Gasteiger partial charge in [-0.1, -0.05) is 35.0 Å². The van der Waals surface area contributed by atoms with Crippen LogP contribution in [0, 0.1) is 6.92 Å². The topological polar surface area (TPSA) is 69.1 Å². The average molecular weight is 230 g/mol. The van der Waals surface area contributed by atoms with Gasteiger partial charge in [0.15, 0.2) is 5.76 Å². The first-order valence-electron chi connectivity index (χ1n) is 5.46. The highest BCUT2D eigenvalue weighted by Crippen LogP contribution is 2.21. The van der Waals surface area contributed by atoms with Crippen molar-refractivity contribution >= 4 is 5.91 Å². The first-order chi connectivity index (χ1) is 8.15. The van der Waals surface area contributed by atoms with E-state index in [2.05, 4.69) is 5.16 Å². The summed E-state index contributed by atoms with van der Waals surface area (Å²) in [4.78, 5) is 10.7. The van der Waals surface area contributed by atoms with Crippen LogP contribution < -0.4 is 5.73 Å². The number of amides is 1. The molecular formula is C13H14N2O2. The predicted molar refractivity (Wildman–Crippen MR) is 64.2 cm³/mol. The van der Waals surface area contributed by atoms with E-state index in [1.165, 1.54) is 5.56 Å². The van der Waals surface area contributed by atoms with Crippen molar-refractivity contribution < 1.29 is 9.32 Å². The molecule has 4 nitrogen and oxygen atoms in total. The summed E-state index contributed by atoms with van der Waals surface area (Å²) in [5, 5.41) is 3.90. The Labute approximate surface area is 99.4 Å². The highest BCUT2D eigenvalue weighted by atomic mass is 16.5. The van der Waals surface area contributed by atoms with Gasteiger partial charge in [-0.05, 0) is 6.92 Å². The smallest absolute Gasteiger partial charge is 0.217 e. The molecule has 2 aromatic rings. The van der Waals surface area contributed by atoms with Crippen LogP contribution in [-0.4, -0.2) is 11.1 Å². The number of aryl methyl sites for hydroxylation is 2. The van der Waals surface area contributed by atoms with Crippen LogP contribution >= 0.6 is 0 Å². The minimum Gasteiger partial charge on any atom is -0.370 e. The number of benzene rings is 1. The van der Waals surface area contributed by atoms with Crippen molar-refractivity contribution in [2.24, 2.45) is 5.73 Å². The van der Waals surface area contributed by atoms with E-state index in [0.717, 1.165) is 11.3 Å². The van der Waals surface area contributed by atoms with Crippen LogP contribution in [0.2, 0.25) is 0 Å². The molecule has 0 saturated heterocycles. The zero-order valence-electron chi connectivity index (χ0n) is 9.64. The maximum Gasteiger partial charge on any atom is 0.217 e. The third-order valence-electron chi connectivity index (χ3n) is 2.52. The lowest BCUT2D eigenvalue weighted by Gasteiger charge is -1.95. The zero-order valence-corrected chi connectivity index (χ0v) is 9.64. The Morgan fingerprint density at radius 2 is 2.06 bits per heavy atom. The van der Waals surface area contributed by atoms with Gasteiger partial charge in [-0.2, -0.15) is 0 Å². The number of hydrogen-bond donors (Lipinski definition) is 1. The molecule has 0 fully saturated rings. The molecule has 0 aliphatic heterocycles. The van der Waals surface area contributed by atoms with Gasteiger partial charge < -0.3 is 10.3 Å². The van der Waals surface area contributed by atoms with Crippen LogP contribution in [-0.2, 0) is 11.2 Å². The van der Waals surface area contributed by atoms with Crippen LogP contribution in [0.15, 0.2) is 34.9 Å². The molecule has 0 saturated carbocycles.